The summed E-state index contributed by atoms with van der Waals surface area (Å²) >= 11 is 0. The van der Waals surface area contributed by atoms with Crippen LogP contribution in [-0.4, -0.2) is 140 Å². The number of rotatable bonds is 54. The first-order valence-corrected chi connectivity index (χ1v) is 33.8. The van der Waals surface area contributed by atoms with Crippen LogP contribution in [0.2, 0.25) is 0 Å². The lowest BCUT2D eigenvalue weighted by Gasteiger charge is -2.46. The van der Waals surface area contributed by atoms with E-state index in [9.17, 15) is 45.6 Å². The van der Waals surface area contributed by atoms with E-state index in [1.54, 1.807) is 6.08 Å². The fourth-order valence-corrected chi connectivity index (χ4v) is 10.7. The number of carbonyl (C=O) groups is 1. The summed E-state index contributed by atoms with van der Waals surface area (Å²) in [5, 5.41) is 86.9. The number of unbranched alkanes of at least 4 members (excludes halogenated alkanes) is 29. The standard InChI is InChI=1S/C70H123NO13/c1-3-5-7-9-11-13-14-15-16-17-18-19-20-21-22-23-24-25-26-27-28-29-30-31-32-33-34-35-36-37-38-39-40-41-42-43-44-46-48-50-52-54-62(75)71-58(59(74)53-51-49-47-45-12-10-8-6-4-2)57-81-69-67(80)65(78)68(61(56-73)83-69)84-70-66(79)64(77)63(76)60(55-72)82-70/h5,7,11-13,15-16,18-19,21-22,45,51,53,58-61,63-70,72-74,76-80H,3-4,6,8-10,14,17,20,23-44,46-50,52,54-57H2,1-2H3,(H,71,75)/b7-5-,13-11-,16-15-,19-18-,22-21-,45-12+,53-51+. The highest BCUT2D eigenvalue weighted by Gasteiger charge is 2.51. The Morgan fingerprint density at radius 1 is 0.440 bits per heavy atom. The molecule has 486 valence electrons. The molecule has 0 aromatic carbocycles. The van der Waals surface area contributed by atoms with Crippen molar-refractivity contribution >= 4 is 5.91 Å². The third-order valence-electron chi connectivity index (χ3n) is 16.1. The molecule has 0 bridgehead atoms. The molecule has 2 fully saturated rings. The highest BCUT2D eigenvalue weighted by Crippen LogP contribution is 2.30. The van der Waals surface area contributed by atoms with Crippen LogP contribution in [-0.2, 0) is 23.7 Å². The van der Waals surface area contributed by atoms with E-state index in [0.717, 1.165) is 70.6 Å². The van der Waals surface area contributed by atoms with E-state index in [1.807, 2.05) is 6.08 Å². The van der Waals surface area contributed by atoms with Gasteiger partial charge in [-0.2, -0.15) is 0 Å². The van der Waals surface area contributed by atoms with E-state index in [4.69, 9.17) is 18.9 Å². The largest absolute Gasteiger partial charge is 0.394 e. The summed E-state index contributed by atoms with van der Waals surface area (Å²) in [7, 11) is 0. The maximum Gasteiger partial charge on any atom is 0.220 e. The molecule has 9 N–H and O–H groups in total. The number of hydrogen-bond donors (Lipinski definition) is 9. The number of aliphatic hydroxyl groups is 8. The van der Waals surface area contributed by atoms with Gasteiger partial charge in [0, 0.05) is 6.42 Å². The maximum atomic E-state index is 13.2. The van der Waals surface area contributed by atoms with Gasteiger partial charge in [0.2, 0.25) is 5.91 Å². The normalized spacial score (nSPS) is 24.2. The van der Waals surface area contributed by atoms with Crippen molar-refractivity contribution in [1.29, 1.82) is 0 Å². The minimum absolute atomic E-state index is 0.250. The summed E-state index contributed by atoms with van der Waals surface area (Å²) in [6, 6.07) is -0.930. The number of nitrogens with one attached hydrogen (secondary N) is 1. The molecule has 84 heavy (non-hydrogen) atoms. The zero-order valence-corrected chi connectivity index (χ0v) is 52.6. The van der Waals surface area contributed by atoms with Crippen LogP contribution < -0.4 is 5.32 Å². The van der Waals surface area contributed by atoms with Crippen molar-refractivity contribution in [2.24, 2.45) is 0 Å². The molecule has 2 heterocycles. The molecule has 14 nitrogen and oxygen atoms in total. The number of amides is 1. The van der Waals surface area contributed by atoms with Crippen molar-refractivity contribution in [3.05, 3.63) is 85.1 Å². The van der Waals surface area contributed by atoms with Crippen LogP contribution in [0.4, 0.5) is 0 Å². The molecule has 0 aliphatic carbocycles. The molecule has 12 atom stereocenters. The number of allylic oxidation sites excluding steroid dienone is 13. The van der Waals surface area contributed by atoms with Crippen molar-refractivity contribution in [2.45, 2.75) is 331 Å². The Kier molecular flexibility index (Phi) is 50.0. The Hall–Kier alpha value is -2.83. The third kappa shape index (κ3) is 38.4. The summed E-state index contributed by atoms with van der Waals surface area (Å²) in [6.45, 7) is 2.61. The fraction of sp³-hybridized carbons (Fsp3) is 0.786. The van der Waals surface area contributed by atoms with E-state index in [1.165, 1.54) is 154 Å². The topological polar surface area (TPSA) is 228 Å². The molecule has 14 heteroatoms. The lowest BCUT2D eigenvalue weighted by atomic mass is 9.97. The van der Waals surface area contributed by atoms with Gasteiger partial charge in [-0.1, -0.05) is 259 Å². The number of carbonyl (C=O) groups excluding carboxylic acids is 1. The van der Waals surface area contributed by atoms with E-state index in [0.29, 0.717) is 12.8 Å². The first kappa shape index (κ1) is 77.3. The van der Waals surface area contributed by atoms with E-state index in [-0.39, 0.29) is 18.9 Å². The minimum Gasteiger partial charge on any atom is -0.394 e. The van der Waals surface area contributed by atoms with Gasteiger partial charge in [-0.3, -0.25) is 4.79 Å². The molecule has 2 saturated heterocycles. The summed E-state index contributed by atoms with van der Waals surface area (Å²) in [6.07, 6.45) is 58.5. The van der Waals surface area contributed by atoms with Gasteiger partial charge in [0.05, 0.1) is 32.0 Å². The van der Waals surface area contributed by atoms with Gasteiger partial charge in [-0.25, -0.2) is 0 Å². The van der Waals surface area contributed by atoms with Crippen molar-refractivity contribution in [2.75, 3.05) is 19.8 Å². The van der Waals surface area contributed by atoms with Crippen LogP contribution >= 0.6 is 0 Å². The Labute approximate surface area is 510 Å². The van der Waals surface area contributed by atoms with Gasteiger partial charge < -0.3 is 65.1 Å². The minimum atomic E-state index is -1.79. The maximum absolute atomic E-state index is 13.2. The van der Waals surface area contributed by atoms with Crippen molar-refractivity contribution < 1.29 is 64.6 Å². The first-order valence-electron chi connectivity index (χ1n) is 33.8. The third-order valence-corrected chi connectivity index (χ3v) is 16.1. The first-order chi connectivity index (χ1) is 41.1. The molecular formula is C70H123NO13. The average Bonchev–Trinajstić information content (AvgIpc) is 2.28. The zero-order valence-electron chi connectivity index (χ0n) is 52.6. The highest BCUT2D eigenvalue weighted by atomic mass is 16.7. The molecule has 12 unspecified atom stereocenters. The van der Waals surface area contributed by atoms with Gasteiger partial charge in [0.15, 0.2) is 12.6 Å². The number of aliphatic hydroxyl groups excluding tert-OH is 8. The van der Waals surface area contributed by atoms with Crippen molar-refractivity contribution in [3.8, 4) is 0 Å². The Morgan fingerprint density at radius 2 is 0.833 bits per heavy atom. The molecule has 2 rings (SSSR count). The van der Waals surface area contributed by atoms with Crippen LogP contribution in [0.1, 0.15) is 258 Å². The average molecular weight is 1190 g/mol. The number of hydrogen-bond acceptors (Lipinski definition) is 13. The molecule has 1 amide bonds. The van der Waals surface area contributed by atoms with Gasteiger partial charge in [-0.05, 0) is 77.0 Å². The summed E-state index contributed by atoms with van der Waals surface area (Å²) in [5.41, 5.74) is 0. The van der Waals surface area contributed by atoms with Crippen LogP contribution in [0.5, 0.6) is 0 Å². The monoisotopic (exact) mass is 1190 g/mol. The Balaban J connectivity index is 1.50. The van der Waals surface area contributed by atoms with Gasteiger partial charge in [0.25, 0.3) is 0 Å². The van der Waals surface area contributed by atoms with Gasteiger partial charge >= 0.3 is 0 Å². The van der Waals surface area contributed by atoms with Crippen LogP contribution in [0.15, 0.2) is 85.1 Å². The summed E-state index contributed by atoms with van der Waals surface area (Å²) < 4.78 is 22.7. The predicted octanol–water partition coefficient (Wildman–Crippen LogP) is 13.2. The van der Waals surface area contributed by atoms with Crippen LogP contribution in [0, 0.1) is 0 Å². The predicted molar refractivity (Wildman–Crippen MR) is 341 cm³/mol. The van der Waals surface area contributed by atoms with Gasteiger partial charge in [-0.15, -0.1) is 0 Å². The quantitative estimate of drug-likeness (QED) is 0.0204. The highest BCUT2D eigenvalue weighted by molar-refractivity contribution is 5.76. The molecule has 0 aromatic rings. The number of ether oxygens (including phenoxy) is 4. The summed E-state index contributed by atoms with van der Waals surface area (Å²) in [5.74, 6) is -0.250. The molecule has 0 radical (unpaired) electrons. The molecule has 0 aromatic heterocycles. The SMILES string of the molecule is CC/C=C\C/C=C\C/C=C\C/C=C\C/C=C\CCCCCCCCCCCCCCCCCCCCCCCCCCCC(=O)NC(COC1OC(CO)C(OC2OC(CO)C(O)C(O)C2O)C(O)C1O)C(O)/C=C/CC/C=C/CCCCC. The van der Waals surface area contributed by atoms with E-state index < -0.39 is 86.8 Å². The van der Waals surface area contributed by atoms with Crippen molar-refractivity contribution in [3.63, 3.8) is 0 Å². The van der Waals surface area contributed by atoms with E-state index in [2.05, 4.69) is 92.1 Å². The molecule has 2 aliphatic rings. The second-order valence-corrected chi connectivity index (χ2v) is 23.6. The smallest absolute Gasteiger partial charge is 0.220 e. The lowest BCUT2D eigenvalue weighted by molar-refractivity contribution is -0.359. The second-order valence-electron chi connectivity index (χ2n) is 23.6. The molecule has 0 spiro atoms. The van der Waals surface area contributed by atoms with E-state index >= 15 is 0 Å². The van der Waals surface area contributed by atoms with Crippen LogP contribution in [0.25, 0.3) is 0 Å². The molecule has 2 aliphatic heterocycles. The zero-order chi connectivity index (χ0) is 60.9. The fourth-order valence-electron chi connectivity index (χ4n) is 10.7. The second kappa shape index (κ2) is 54.3. The van der Waals surface area contributed by atoms with Crippen molar-refractivity contribution in [1.82, 2.24) is 5.32 Å². The Morgan fingerprint density at radius 3 is 1.31 bits per heavy atom. The Bertz CT molecular complexity index is 1730. The van der Waals surface area contributed by atoms with Gasteiger partial charge in [0.1, 0.15) is 48.8 Å². The molecule has 0 saturated carbocycles. The summed E-state index contributed by atoms with van der Waals surface area (Å²) in [4.78, 5) is 13.2. The molecular weight excluding hydrogens is 1060 g/mol. The van der Waals surface area contributed by atoms with Crippen LogP contribution in [0.3, 0.4) is 0 Å². The lowest BCUT2D eigenvalue weighted by Crippen LogP contribution is -2.65.